The summed E-state index contributed by atoms with van der Waals surface area (Å²) in [7, 11) is 0. The van der Waals surface area contributed by atoms with Crippen molar-refractivity contribution in [1.82, 2.24) is 5.43 Å². The van der Waals surface area contributed by atoms with Crippen molar-refractivity contribution in [1.29, 1.82) is 0 Å². The number of benzene rings is 1. The molecule has 0 radical (unpaired) electrons. The standard InChI is InChI=1S/C14H21IN2/c1-2-3-4-5-6-10-14(17-16)12-8-7-9-13(15)11-12/h2,7-9,11,14,17H,1,3-6,10,16H2. The summed E-state index contributed by atoms with van der Waals surface area (Å²) in [5, 5.41) is 0. The molecule has 1 rings (SSSR count). The van der Waals surface area contributed by atoms with Crippen LogP contribution in [0.1, 0.15) is 43.7 Å². The molecule has 0 aromatic heterocycles. The van der Waals surface area contributed by atoms with Crippen molar-refractivity contribution in [2.75, 3.05) is 0 Å². The predicted molar refractivity (Wildman–Crippen MR) is 82.5 cm³/mol. The van der Waals surface area contributed by atoms with E-state index in [4.69, 9.17) is 5.84 Å². The van der Waals surface area contributed by atoms with Crippen LogP contribution in [0.25, 0.3) is 0 Å². The van der Waals surface area contributed by atoms with Gasteiger partial charge in [0.1, 0.15) is 0 Å². The van der Waals surface area contributed by atoms with E-state index in [2.05, 4.69) is 58.9 Å². The van der Waals surface area contributed by atoms with E-state index in [1.54, 1.807) is 0 Å². The van der Waals surface area contributed by atoms with Crippen LogP contribution in [-0.2, 0) is 0 Å². The third-order valence-corrected chi connectivity index (χ3v) is 3.52. The zero-order valence-electron chi connectivity index (χ0n) is 10.2. The summed E-state index contributed by atoms with van der Waals surface area (Å²) in [5.41, 5.74) is 4.19. The molecule has 0 spiro atoms. The van der Waals surface area contributed by atoms with Gasteiger partial charge in [-0.15, -0.1) is 6.58 Å². The van der Waals surface area contributed by atoms with Gasteiger partial charge in [0.25, 0.3) is 0 Å². The summed E-state index contributed by atoms with van der Waals surface area (Å²) >= 11 is 2.33. The van der Waals surface area contributed by atoms with Crippen LogP contribution in [-0.4, -0.2) is 0 Å². The summed E-state index contributed by atoms with van der Waals surface area (Å²) in [6.07, 6.45) is 7.87. The van der Waals surface area contributed by atoms with Crippen molar-refractivity contribution in [3.63, 3.8) is 0 Å². The first-order chi connectivity index (χ1) is 8.27. The summed E-state index contributed by atoms with van der Waals surface area (Å²) in [4.78, 5) is 0. The second kappa shape index (κ2) is 8.66. The molecule has 0 bridgehead atoms. The van der Waals surface area contributed by atoms with Gasteiger partial charge in [-0.1, -0.05) is 31.1 Å². The van der Waals surface area contributed by atoms with Crippen molar-refractivity contribution >= 4 is 22.6 Å². The van der Waals surface area contributed by atoms with Crippen LogP contribution < -0.4 is 11.3 Å². The second-order valence-electron chi connectivity index (χ2n) is 4.20. The minimum Gasteiger partial charge on any atom is -0.271 e. The molecular weight excluding hydrogens is 323 g/mol. The zero-order valence-corrected chi connectivity index (χ0v) is 12.3. The van der Waals surface area contributed by atoms with Crippen LogP contribution in [0.4, 0.5) is 0 Å². The van der Waals surface area contributed by atoms with Crippen molar-refractivity contribution in [3.8, 4) is 0 Å². The van der Waals surface area contributed by atoms with E-state index >= 15 is 0 Å². The fourth-order valence-corrected chi connectivity index (χ4v) is 2.45. The molecule has 0 saturated heterocycles. The Balaban J connectivity index is 2.40. The number of hydrogen-bond acceptors (Lipinski definition) is 2. The summed E-state index contributed by atoms with van der Waals surface area (Å²) < 4.78 is 1.26. The minimum atomic E-state index is 0.272. The molecule has 0 aliphatic rings. The molecule has 1 aromatic rings. The van der Waals surface area contributed by atoms with E-state index in [9.17, 15) is 0 Å². The third-order valence-electron chi connectivity index (χ3n) is 2.85. The van der Waals surface area contributed by atoms with Gasteiger partial charge < -0.3 is 0 Å². The van der Waals surface area contributed by atoms with Crippen molar-refractivity contribution in [2.45, 2.75) is 38.1 Å². The number of unbranched alkanes of at least 4 members (excludes halogenated alkanes) is 3. The Labute approximate surface area is 118 Å². The molecule has 1 aromatic carbocycles. The molecule has 3 N–H and O–H groups in total. The van der Waals surface area contributed by atoms with Gasteiger partial charge in [0.05, 0.1) is 0 Å². The number of hydrogen-bond donors (Lipinski definition) is 2. The Morgan fingerprint density at radius 2 is 2.18 bits per heavy atom. The Hall–Kier alpha value is -0.390. The lowest BCUT2D eigenvalue weighted by Crippen LogP contribution is -2.28. The lowest BCUT2D eigenvalue weighted by atomic mass is 10.0. The number of nitrogens with one attached hydrogen (secondary N) is 1. The van der Waals surface area contributed by atoms with E-state index in [1.807, 2.05) is 6.08 Å². The molecule has 0 aliphatic carbocycles. The molecule has 0 fully saturated rings. The lowest BCUT2D eigenvalue weighted by Gasteiger charge is -2.16. The summed E-state index contributed by atoms with van der Waals surface area (Å²) in [5.74, 6) is 5.63. The highest BCUT2D eigenvalue weighted by Crippen LogP contribution is 2.21. The monoisotopic (exact) mass is 344 g/mol. The zero-order chi connectivity index (χ0) is 12.5. The number of nitrogens with two attached hydrogens (primary N) is 1. The second-order valence-corrected chi connectivity index (χ2v) is 5.45. The van der Waals surface area contributed by atoms with Gasteiger partial charge in [0.2, 0.25) is 0 Å². The van der Waals surface area contributed by atoms with Crippen molar-refractivity contribution in [2.24, 2.45) is 5.84 Å². The SMILES string of the molecule is C=CCCCCCC(NN)c1cccc(I)c1. The summed E-state index contributed by atoms with van der Waals surface area (Å²) in [6.45, 7) is 3.73. The molecular formula is C14H21IN2. The van der Waals surface area contributed by atoms with Crippen LogP contribution >= 0.6 is 22.6 Å². The molecule has 1 unspecified atom stereocenters. The van der Waals surface area contributed by atoms with Crippen LogP contribution in [0, 0.1) is 3.57 Å². The maximum Gasteiger partial charge on any atom is 0.0460 e. The highest BCUT2D eigenvalue weighted by Gasteiger charge is 2.08. The topological polar surface area (TPSA) is 38.0 Å². The fraction of sp³-hybridized carbons (Fsp3) is 0.429. The molecule has 0 aliphatic heterocycles. The van der Waals surface area contributed by atoms with Crippen LogP contribution in [0.3, 0.4) is 0 Å². The van der Waals surface area contributed by atoms with Gasteiger partial charge in [-0.2, -0.15) is 0 Å². The molecule has 3 heteroatoms. The average Bonchev–Trinajstić information content (AvgIpc) is 2.34. The van der Waals surface area contributed by atoms with Gasteiger partial charge in [0.15, 0.2) is 0 Å². The van der Waals surface area contributed by atoms with E-state index in [0.717, 1.165) is 12.8 Å². The van der Waals surface area contributed by atoms with Crippen LogP contribution in [0.2, 0.25) is 0 Å². The smallest absolute Gasteiger partial charge is 0.0460 e. The molecule has 94 valence electrons. The maximum atomic E-state index is 5.63. The van der Waals surface area contributed by atoms with E-state index in [-0.39, 0.29) is 6.04 Å². The highest BCUT2D eigenvalue weighted by atomic mass is 127. The molecule has 0 saturated carbocycles. The number of hydrazine groups is 1. The van der Waals surface area contributed by atoms with E-state index in [1.165, 1.54) is 28.4 Å². The molecule has 2 nitrogen and oxygen atoms in total. The normalized spacial score (nSPS) is 12.4. The van der Waals surface area contributed by atoms with Gasteiger partial charge in [-0.05, 0) is 59.5 Å². The minimum absolute atomic E-state index is 0.272. The largest absolute Gasteiger partial charge is 0.271 e. The van der Waals surface area contributed by atoms with Crippen LogP contribution in [0.15, 0.2) is 36.9 Å². The van der Waals surface area contributed by atoms with Crippen molar-refractivity contribution < 1.29 is 0 Å². The quantitative estimate of drug-likeness (QED) is 0.247. The van der Waals surface area contributed by atoms with Crippen LogP contribution in [0.5, 0.6) is 0 Å². The third kappa shape index (κ3) is 5.66. The number of rotatable bonds is 8. The molecule has 1 atom stereocenters. The molecule has 17 heavy (non-hydrogen) atoms. The first-order valence-corrected chi connectivity index (χ1v) is 7.18. The Morgan fingerprint density at radius 3 is 2.82 bits per heavy atom. The van der Waals surface area contributed by atoms with E-state index in [0.29, 0.717) is 0 Å². The van der Waals surface area contributed by atoms with E-state index < -0.39 is 0 Å². The first kappa shape index (κ1) is 14.7. The fourth-order valence-electron chi connectivity index (χ4n) is 1.88. The van der Waals surface area contributed by atoms with Gasteiger partial charge in [-0.3, -0.25) is 11.3 Å². The van der Waals surface area contributed by atoms with Gasteiger partial charge >= 0.3 is 0 Å². The summed E-state index contributed by atoms with van der Waals surface area (Å²) in [6, 6.07) is 8.78. The Kier molecular flexibility index (Phi) is 7.48. The maximum absolute atomic E-state index is 5.63. The lowest BCUT2D eigenvalue weighted by molar-refractivity contribution is 0.484. The Bertz CT molecular complexity index is 339. The van der Waals surface area contributed by atoms with Gasteiger partial charge in [-0.25, -0.2) is 0 Å². The predicted octanol–water partition coefficient (Wildman–Crippen LogP) is 3.93. The average molecular weight is 344 g/mol. The highest BCUT2D eigenvalue weighted by molar-refractivity contribution is 14.1. The first-order valence-electron chi connectivity index (χ1n) is 6.10. The van der Waals surface area contributed by atoms with Gasteiger partial charge in [0, 0.05) is 9.61 Å². The molecule has 0 amide bonds. The number of halogens is 1. The van der Waals surface area contributed by atoms with Crippen molar-refractivity contribution in [3.05, 3.63) is 46.1 Å². The number of allylic oxidation sites excluding steroid dienone is 1. The molecule has 0 heterocycles. The Morgan fingerprint density at radius 1 is 1.35 bits per heavy atom.